The molecule has 0 unspecified atom stereocenters. The Hall–Kier alpha value is -1.36. The number of fused-ring (bicyclic) bond motifs is 1. The van der Waals surface area contributed by atoms with E-state index >= 15 is 0 Å². The SMILES string of the molecule is O=C(Cc1ccc2c(c1)OCO2)N1CCSC1. The average Bonchev–Trinajstić information content (AvgIpc) is 2.99. The lowest BCUT2D eigenvalue weighted by molar-refractivity contribution is -0.128. The van der Waals surface area contributed by atoms with E-state index < -0.39 is 0 Å². The Kier molecular flexibility index (Phi) is 2.84. The van der Waals surface area contributed by atoms with E-state index in [1.54, 1.807) is 11.8 Å². The first kappa shape index (κ1) is 10.8. The van der Waals surface area contributed by atoms with Crippen LogP contribution in [0.4, 0.5) is 0 Å². The highest BCUT2D eigenvalue weighted by Gasteiger charge is 2.20. The van der Waals surface area contributed by atoms with Crippen LogP contribution in [0.2, 0.25) is 0 Å². The van der Waals surface area contributed by atoms with Crippen molar-refractivity contribution in [1.82, 2.24) is 4.90 Å². The van der Waals surface area contributed by atoms with Crippen LogP contribution in [-0.2, 0) is 11.2 Å². The number of nitrogens with zero attached hydrogens (tertiary/aromatic N) is 1. The van der Waals surface area contributed by atoms with Gasteiger partial charge in [-0.25, -0.2) is 0 Å². The van der Waals surface area contributed by atoms with Crippen LogP contribution in [0, 0.1) is 0 Å². The summed E-state index contributed by atoms with van der Waals surface area (Å²) in [5.74, 6) is 3.56. The molecule has 0 aliphatic carbocycles. The van der Waals surface area contributed by atoms with Crippen LogP contribution >= 0.6 is 11.8 Å². The van der Waals surface area contributed by atoms with Gasteiger partial charge in [-0.1, -0.05) is 6.07 Å². The Labute approximate surface area is 104 Å². The zero-order valence-electron chi connectivity index (χ0n) is 9.35. The number of benzene rings is 1. The minimum absolute atomic E-state index is 0.189. The smallest absolute Gasteiger partial charge is 0.231 e. The van der Waals surface area contributed by atoms with Crippen molar-refractivity contribution < 1.29 is 14.3 Å². The number of ether oxygens (including phenoxy) is 2. The summed E-state index contributed by atoms with van der Waals surface area (Å²) >= 11 is 1.80. The van der Waals surface area contributed by atoms with Crippen molar-refractivity contribution in [2.45, 2.75) is 6.42 Å². The predicted molar refractivity (Wildman–Crippen MR) is 65.3 cm³/mol. The molecule has 5 heteroatoms. The molecule has 2 aliphatic heterocycles. The lowest BCUT2D eigenvalue weighted by atomic mass is 10.1. The largest absolute Gasteiger partial charge is 0.454 e. The fraction of sp³-hybridized carbons (Fsp3) is 0.417. The fourth-order valence-corrected chi connectivity index (χ4v) is 2.92. The molecule has 90 valence electrons. The quantitative estimate of drug-likeness (QED) is 0.798. The molecule has 0 saturated carbocycles. The molecule has 0 aromatic heterocycles. The maximum absolute atomic E-state index is 12.0. The average molecular weight is 251 g/mol. The molecule has 2 aliphatic rings. The third-order valence-electron chi connectivity index (χ3n) is 2.90. The molecule has 1 amide bonds. The molecule has 4 nitrogen and oxygen atoms in total. The Bertz CT molecular complexity index is 443. The number of hydrogen-bond donors (Lipinski definition) is 0. The summed E-state index contributed by atoms with van der Waals surface area (Å²) in [6.07, 6.45) is 0.442. The van der Waals surface area contributed by atoms with Gasteiger partial charge in [-0.2, -0.15) is 0 Å². The van der Waals surface area contributed by atoms with Crippen molar-refractivity contribution in [1.29, 1.82) is 0 Å². The van der Waals surface area contributed by atoms with Crippen LogP contribution in [0.3, 0.4) is 0 Å². The Balaban J connectivity index is 1.70. The maximum Gasteiger partial charge on any atom is 0.231 e. The minimum Gasteiger partial charge on any atom is -0.454 e. The van der Waals surface area contributed by atoms with Crippen LogP contribution in [0.5, 0.6) is 11.5 Å². The molecule has 3 rings (SSSR count). The minimum atomic E-state index is 0.189. The molecule has 0 bridgehead atoms. The first-order valence-corrected chi connectivity index (χ1v) is 6.72. The van der Waals surface area contributed by atoms with E-state index in [2.05, 4.69) is 0 Å². The monoisotopic (exact) mass is 251 g/mol. The molecule has 1 saturated heterocycles. The van der Waals surface area contributed by atoms with Crippen molar-refractivity contribution in [3.8, 4) is 11.5 Å². The van der Waals surface area contributed by atoms with Gasteiger partial charge in [0.2, 0.25) is 12.7 Å². The molecular formula is C12H13NO3S. The highest BCUT2D eigenvalue weighted by atomic mass is 32.2. The first-order chi connectivity index (χ1) is 8.33. The number of thioether (sulfide) groups is 1. The van der Waals surface area contributed by atoms with Crippen LogP contribution in [0.1, 0.15) is 5.56 Å². The topological polar surface area (TPSA) is 38.8 Å². The van der Waals surface area contributed by atoms with E-state index in [1.165, 1.54) is 0 Å². The van der Waals surface area contributed by atoms with Crippen molar-refractivity contribution in [2.24, 2.45) is 0 Å². The first-order valence-electron chi connectivity index (χ1n) is 5.57. The summed E-state index contributed by atoms with van der Waals surface area (Å²) in [6.45, 7) is 1.14. The van der Waals surface area contributed by atoms with E-state index in [0.29, 0.717) is 6.42 Å². The number of rotatable bonds is 2. The van der Waals surface area contributed by atoms with Crippen LogP contribution in [-0.4, -0.2) is 35.8 Å². The van der Waals surface area contributed by atoms with Crippen LogP contribution in [0.25, 0.3) is 0 Å². The van der Waals surface area contributed by atoms with Gasteiger partial charge in [0, 0.05) is 12.3 Å². The van der Waals surface area contributed by atoms with Gasteiger partial charge in [0.15, 0.2) is 11.5 Å². The number of hydrogen-bond acceptors (Lipinski definition) is 4. The maximum atomic E-state index is 12.0. The van der Waals surface area contributed by atoms with Crippen molar-refractivity contribution in [3.05, 3.63) is 23.8 Å². The highest BCUT2D eigenvalue weighted by Crippen LogP contribution is 2.32. The zero-order valence-corrected chi connectivity index (χ0v) is 10.2. The summed E-state index contributed by atoms with van der Waals surface area (Å²) in [4.78, 5) is 13.9. The lowest BCUT2D eigenvalue weighted by Gasteiger charge is -2.14. The van der Waals surface area contributed by atoms with Gasteiger partial charge in [0.1, 0.15) is 0 Å². The molecule has 0 spiro atoms. The van der Waals surface area contributed by atoms with Gasteiger partial charge in [0.05, 0.1) is 12.3 Å². The second-order valence-electron chi connectivity index (χ2n) is 4.06. The lowest BCUT2D eigenvalue weighted by Crippen LogP contribution is -2.29. The van der Waals surface area contributed by atoms with Gasteiger partial charge < -0.3 is 14.4 Å². The number of carbonyl (C=O) groups excluding carboxylic acids is 1. The fourth-order valence-electron chi connectivity index (χ4n) is 1.95. The molecule has 1 fully saturated rings. The number of carbonyl (C=O) groups is 1. The molecule has 0 atom stereocenters. The molecule has 1 aromatic carbocycles. The number of amides is 1. The standard InChI is InChI=1S/C12H13NO3S/c14-12(13-3-4-17-7-13)6-9-1-2-10-11(5-9)16-8-15-10/h1-2,5H,3-4,6-8H2. The third-order valence-corrected chi connectivity index (χ3v) is 3.86. The molecule has 17 heavy (non-hydrogen) atoms. The van der Waals surface area contributed by atoms with E-state index in [9.17, 15) is 4.79 Å². The molecule has 2 heterocycles. The zero-order chi connectivity index (χ0) is 11.7. The summed E-state index contributed by atoms with van der Waals surface area (Å²) < 4.78 is 10.5. The van der Waals surface area contributed by atoms with Crippen LogP contribution in [0.15, 0.2) is 18.2 Å². The summed E-state index contributed by atoms with van der Waals surface area (Å²) in [7, 11) is 0. The third kappa shape index (κ3) is 2.20. The molecule has 0 radical (unpaired) electrons. The molecular weight excluding hydrogens is 238 g/mol. The predicted octanol–water partition coefficient (Wildman–Crippen LogP) is 1.49. The summed E-state index contributed by atoms with van der Waals surface area (Å²) in [6, 6.07) is 5.68. The Morgan fingerprint density at radius 3 is 3.06 bits per heavy atom. The Morgan fingerprint density at radius 2 is 2.24 bits per heavy atom. The van der Waals surface area contributed by atoms with Crippen LogP contribution < -0.4 is 9.47 Å². The van der Waals surface area contributed by atoms with E-state index in [-0.39, 0.29) is 12.7 Å². The van der Waals surface area contributed by atoms with Crippen molar-refractivity contribution >= 4 is 17.7 Å². The summed E-state index contributed by atoms with van der Waals surface area (Å²) in [5, 5.41) is 0. The van der Waals surface area contributed by atoms with Gasteiger partial charge in [-0.05, 0) is 17.7 Å². The Morgan fingerprint density at radius 1 is 1.35 bits per heavy atom. The highest BCUT2D eigenvalue weighted by molar-refractivity contribution is 7.99. The second kappa shape index (κ2) is 4.49. The molecule has 0 N–H and O–H groups in total. The molecule has 1 aromatic rings. The van der Waals surface area contributed by atoms with E-state index in [4.69, 9.17) is 9.47 Å². The summed E-state index contributed by atoms with van der Waals surface area (Å²) in [5.41, 5.74) is 0.983. The van der Waals surface area contributed by atoms with Crippen molar-refractivity contribution in [2.75, 3.05) is 25.0 Å². The normalized spacial score (nSPS) is 17.5. The van der Waals surface area contributed by atoms with E-state index in [1.807, 2.05) is 23.1 Å². The van der Waals surface area contributed by atoms with Crippen molar-refractivity contribution in [3.63, 3.8) is 0 Å². The van der Waals surface area contributed by atoms with E-state index in [0.717, 1.165) is 35.2 Å². The van der Waals surface area contributed by atoms with Gasteiger partial charge in [0.25, 0.3) is 0 Å². The van der Waals surface area contributed by atoms with Gasteiger partial charge in [-0.15, -0.1) is 11.8 Å². The van der Waals surface area contributed by atoms with Gasteiger partial charge in [-0.3, -0.25) is 4.79 Å². The van der Waals surface area contributed by atoms with Gasteiger partial charge >= 0.3 is 0 Å². The second-order valence-corrected chi connectivity index (χ2v) is 5.13.